The Balaban J connectivity index is 3.04. The molecule has 16 heavy (non-hydrogen) atoms. The van der Waals surface area contributed by atoms with Crippen LogP contribution >= 0.6 is 0 Å². The summed E-state index contributed by atoms with van der Waals surface area (Å²) in [7, 11) is 1.22. The van der Waals surface area contributed by atoms with Crippen LogP contribution < -0.4 is 0 Å². The normalized spacial score (nSPS) is 12.0. The van der Waals surface area contributed by atoms with Crippen molar-refractivity contribution in [2.45, 2.75) is 26.7 Å². The Bertz CT molecular complexity index is 421. The molecule has 1 atom stereocenters. The molecule has 0 aliphatic rings. The number of hydrogen-bond acceptors (Lipinski definition) is 3. The summed E-state index contributed by atoms with van der Waals surface area (Å²) < 4.78 is 4.44. The van der Waals surface area contributed by atoms with Crippen molar-refractivity contribution in [1.82, 2.24) is 0 Å². The summed E-state index contributed by atoms with van der Waals surface area (Å²) in [5.41, 5.74) is 2.97. The number of ketones is 1. The molecule has 0 spiro atoms. The van der Waals surface area contributed by atoms with Gasteiger partial charge < -0.3 is 4.74 Å². The van der Waals surface area contributed by atoms with Gasteiger partial charge in [0, 0.05) is 0 Å². The predicted octanol–water partition coefficient (Wildman–Crippen LogP) is 2.15. The number of esters is 1. The summed E-state index contributed by atoms with van der Waals surface area (Å²) in [4.78, 5) is 22.8. The van der Waals surface area contributed by atoms with Crippen molar-refractivity contribution in [3.63, 3.8) is 0 Å². The summed E-state index contributed by atoms with van der Waals surface area (Å²) in [5, 5.41) is 0. The number of ether oxygens (including phenoxy) is 1. The first-order valence-electron chi connectivity index (χ1n) is 5.16. The summed E-state index contributed by atoms with van der Waals surface area (Å²) >= 11 is 0. The van der Waals surface area contributed by atoms with Gasteiger partial charge in [0.2, 0.25) is 5.78 Å². The van der Waals surface area contributed by atoms with Gasteiger partial charge in [-0.15, -0.1) is 0 Å². The Morgan fingerprint density at radius 1 is 1.25 bits per heavy atom. The fourth-order valence-electron chi connectivity index (χ4n) is 1.65. The lowest BCUT2D eigenvalue weighted by Gasteiger charge is -2.13. The summed E-state index contributed by atoms with van der Waals surface area (Å²) in [6.07, 6.45) is 0. The van der Waals surface area contributed by atoms with Crippen molar-refractivity contribution >= 4 is 11.8 Å². The minimum absolute atomic E-state index is 0.452. The number of rotatable bonds is 3. The quantitative estimate of drug-likeness (QED) is 0.579. The molecule has 0 bridgehead atoms. The molecule has 3 heteroatoms. The molecule has 0 radical (unpaired) electrons. The molecule has 1 aromatic carbocycles. The molecule has 1 rings (SSSR count). The first kappa shape index (κ1) is 12.4. The summed E-state index contributed by atoms with van der Waals surface area (Å²) in [6, 6.07) is 5.86. The number of hydrogen-bond donors (Lipinski definition) is 0. The lowest BCUT2D eigenvalue weighted by atomic mass is 9.91. The SMILES string of the molecule is COC(=O)C(=O)C(C)c1cc(C)ccc1C. The van der Waals surface area contributed by atoms with E-state index in [2.05, 4.69) is 4.74 Å². The van der Waals surface area contributed by atoms with Gasteiger partial charge in [-0.05, 0) is 25.0 Å². The molecule has 3 nitrogen and oxygen atoms in total. The van der Waals surface area contributed by atoms with E-state index < -0.39 is 17.7 Å². The fourth-order valence-corrected chi connectivity index (χ4v) is 1.65. The van der Waals surface area contributed by atoms with Crippen LogP contribution in [0.1, 0.15) is 29.5 Å². The maximum absolute atomic E-state index is 11.7. The molecule has 0 aromatic heterocycles. The Kier molecular flexibility index (Phi) is 3.82. The molecular formula is C13H16O3. The lowest BCUT2D eigenvalue weighted by molar-refractivity contribution is -0.152. The van der Waals surface area contributed by atoms with Crippen molar-refractivity contribution in [1.29, 1.82) is 0 Å². The lowest BCUT2D eigenvalue weighted by Crippen LogP contribution is -2.22. The van der Waals surface area contributed by atoms with Gasteiger partial charge >= 0.3 is 5.97 Å². The Labute approximate surface area is 95.4 Å². The molecule has 0 heterocycles. The minimum atomic E-state index is -0.784. The van der Waals surface area contributed by atoms with E-state index in [1.54, 1.807) is 6.92 Å². The van der Waals surface area contributed by atoms with Crippen molar-refractivity contribution in [2.75, 3.05) is 7.11 Å². The van der Waals surface area contributed by atoms with Gasteiger partial charge in [-0.3, -0.25) is 4.79 Å². The zero-order valence-corrected chi connectivity index (χ0v) is 10.0. The van der Waals surface area contributed by atoms with E-state index >= 15 is 0 Å². The molecule has 0 fully saturated rings. The zero-order chi connectivity index (χ0) is 12.3. The third-order valence-corrected chi connectivity index (χ3v) is 2.68. The van der Waals surface area contributed by atoms with Gasteiger partial charge in [0.25, 0.3) is 0 Å². The van der Waals surface area contributed by atoms with Gasteiger partial charge in [-0.1, -0.05) is 30.7 Å². The van der Waals surface area contributed by atoms with Gasteiger partial charge in [0.1, 0.15) is 0 Å². The largest absolute Gasteiger partial charge is 0.463 e. The number of aryl methyl sites for hydroxylation is 2. The molecule has 0 saturated carbocycles. The number of methoxy groups -OCH3 is 1. The van der Waals surface area contributed by atoms with E-state index in [-0.39, 0.29) is 0 Å². The van der Waals surface area contributed by atoms with E-state index in [0.29, 0.717) is 0 Å². The van der Waals surface area contributed by atoms with Crippen molar-refractivity contribution < 1.29 is 14.3 Å². The van der Waals surface area contributed by atoms with Crippen molar-refractivity contribution in [3.8, 4) is 0 Å². The highest BCUT2D eigenvalue weighted by Crippen LogP contribution is 2.22. The topological polar surface area (TPSA) is 43.4 Å². The third-order valence-electron chi connectivity index (χ3n) is 2.68. The van der Waals surface area contributed by atoms with Crippen LogP contribution in [0.25, 0.3) is 0 Å². The maximum Gasteiger partial charge on any atom is 0.374 e. The van der Waals surface area contributed by atoms with Gasteiger partial charge in [0.15, 0.2) is 0 Å². The van der Waals surface area contributed by atoms with Crippen LogP contribution in [0.5, 0.6) is 0 Å². The first-order chi connectivity index (χ1) is 7.47. The van der Waals surface area contributed by atoms with E-state index in [0.717, 1.165) is 16.7 Å². The maximum atomic E-state index is 11.7. The standard InChI is InChI=1S/C13H16O3/c1-8-5-6-9(2)11(7-8)10(3)12(14)13(15)16-4/h5-7,10H,1-4H3. The highest BCUT2D eigenvalue weighted by molar-refractivity contribution is 6.35. The van der Waals surface area contributed by atoms with Gasteiger partial charge in [-0.25, -0.2) is 4.79 Å². The van der Waals surface area contributed by atoms with E-state index in [1.165, 1.54) is 7.11 Å². The van der Waals surface area contributed by atoms with Crippen LogP contribution in [0.15, 0.2) is 18.2 Å². The molecule has 1 unspecified atom stereocenters. The number of benzene rings is 1. The van der Waals surface area contributed by atoms with Crippen LogP contribution in [-0.2, 0) is 14.3 Å². The fraction of sp³-hybridized carbons (Fsp3) is 0.385. The second-order valence-corrected chi connectivity index (χ2v) is 3.94. The Hall–Kier alpha value is -1.64. The van der Waals surface area contributed by atoms with Gasteiger partial charge in [-0.2, -0.15) is 0 Å². The smallest absolute Gasteiger partial charge is 0.374 e. The van der Waals surface area contributed by atoms with Crippen molar-refractivity contribution in [2.24, 2.45) is 0 Å². The predicted molar refractivity (Wildman–Crippen MR) is 61.4 cm³/mol. The summed E-state index contributed by atoms with van der Waals surface area (Å²) in [6.45, 7) is 5.61. The molecule has 0 aliphatic heterocycles. The van der Waals surface area contributed by atoms with E-state index in [1.807, 2.05) is 32.0 Å². The van der Waals surface area contributed by atoms with Crippen LogP contribution in [-0.4, -0.2) is 18.9 Å². The molecule has 1 aromatic rings. The second-order valence-electron chi connectivity index (χ2n) is 3.94. The van der Waals surface area contributed by atoms with E-state index in [4.69, 9.17) is 0 Å². The highest BCUT2D eigenvalue weighted by Gasteiger charge is 2.24. The molecule has 0 saturated heterocycles. The second kappa shape index (κ2) is 4.92. The average Bonchev–Trinajstić information content (AvgIpc) is 2.29. The summed E-state index contributed by atoms with van der Waals surface area (Å²) in [5.74, 6) is -1.74. The van der Waals surface area contributed by atoms with E-state index in [9.17, 15) is 9.59 Å². The Morgan fingerprint density at radius 2 is 1.88 bits per heavy atom. The number of Topliss-reactive ketones (excluding diaryl/α,β-unsaturated/α-hetero) is 1. The zero-order valence-electron chi connectivity index (χ0n) is 10.0. The highest BCUT2D eigenvalue weighted by atomic mass is 16.5. The Morgan fingerprint density at radius 3 is 2.44 bits per heavy atom. The molecule has 0 aliphatic carbocycles. The third kappa shape index (κ3) is 2.48. The molecule has 0 N–H and O–H groups in total. The average molecular weight is 220 g/mol. The van der Waals surface area contributed by atoms with Crippen LogP contribution in [0.2, 0.25) is 0 Å². The number of carbonyl (C=O) groups is 2. The monoisotopic (exact) mass is 220 g/mol. The van der Waals surface area contributed by atoms with Gasteiger partial charge in [0.05, 0.1) is 13.0 Å². The first-order valence-corrected chi connectivity index (χ1v) is 5.16. The van der Waals surface area contributed by atoms with Crippen LogP contribution in [0.3, 0.4) is 0 Å². The molecule has 0 amide bonds. The van der Waals surface area contributed by atoms with Crippen molar-refractivity contribution in [3.05, 3.63) is 34.9 Å². The van der Waals surface area contributed by atoms with Crippen LogP contribution in [0.4, 0.5) is 0 Å². The molecular weight excluding hydrogens is 204 g/mol. The van der Waals surface area contributed by atoms with Crippen LogP contribution in [0, 0.1) is 13.8 Å². The number of carbonyl (C=O) groups excluding carboxylic acids is 2. The minimum Gasteiger partial charge on any atom is -0.463 e. The molecule has 86 valence electrons.